The fraction of sp³-hybridized carbons (Fsp3) is 0.458. The van der Waals surface area contributed by atoms with Crippen LogP contribution in [0.5, 0.6) is 0 Å². The van der Waals surface area contributed by atoms with Gasteiger partial charge >= 0.3 is 7.82 Å². The highest BCUT2D eigenvalue weighted by Gasteiger charge is 2.53. The van der Waals surface area contributed by atoms with Crippen LogP contribution in [-0.2, 0) is 28.6 Å². The third kappa shape index (κ3) is 9.69. The number of imidazole rings is 1. The highest BCUT2D eigenvalue weighted by molar-refractivity contribution is 7.47. The average molecular weight is 938 g/mol. The van der Waals surface area contributed by atoms with Gasteiger partial charge in [0.1, 0.15) is 38.7 Å². The molecule has 2 aliphatic heterocycles. The van der Waals surface area contributed by atoms with Gasteiger partial charge in [0, 0.05) is 76.0 Å². The first-order valence-electron chi connectivity index (χ1n) is 22.8. The summed E-state index contributed by atoms with van der Waals surface area (Å²) in [6, 6.07) is 14.5. The number of aliphatic hydroxyl groups is 1. The number of aromatic nitrogens is 4. The summed E-state index contributed by atoms with van der Waals surface area (Å²) in [6.07, 6.45) is 7.77. The number of nitrogens with two attached hydrogens (primary N) is 1. The van der Waals surface area contributed by atoms with Crippen molar-refractivity contribution in [3.8, 4) is 0 Å². The fourth-order valence-electron chi connectivity index (χ4n) is 9.30. The van der Waals surface area contributed by atoms with E-state index >= 15 is 0 Å². The van der Waals surface area contributed by atoms with Crippen LogP contribution in [0.1, 0.15) is 85.6 Å². The first-order valence-corrected chi connectivity index (χ1v) is 24.3. The van der Waals surface area contributed by atoms with E-state index in [1.54, 1.807) is 16.5 Å². The molecular formula is C48H62N10O8P+. The summed E-state index contributed by atoms with van der Waals surface area (Å²) in [6.45, 7) is 5.81. The van der Waals surface area contributed by atoms with Gasteiger partial charge in [0.25, 0.3) is 5.91 Å². The topological polar surface area (TPSA) is 223 Å². The molecule has 4 heterocycles. The number of amides is 2. The number of phosphoric acid groups is 1. The highest BCUT2D eigenvalue weighted by Crippen LogP contribution is 2.53. The van der Waals surface area contributed by atoms with Gasteiger partial charge in [-0.2, -0.15) is 0 Å². The molecule has 2 amide bonds. The summed E-state index contributed by atoms with van der Waals surface area (Å²) >= 11 is 0. The van der Waals surface area contributed by atoms with E-state index < -0.39 is 32.4 Å². The number of benzene rings is 2. The molecule has 0 spiro atoms. The van der Waals surface area contributed by atoms with Crippen molar-refractivity contribution in [3.05, 3.63) is 100 Å². The molecule has 67 heavy (non-hydrogen) atoms. The van der Waals surface area contributed by atoms with Crippen LogP contribution in [0, 0.1) is 0 Å². The Morgan fingerprint density at radius 2 is 1.78 bits per heavy atom. The molecular weight excluding hydrogens is 876 g/mol. The summed E-state index contributed by atoms with van der Waals surface area (Å²) in [4.78, 5) is 53.7. The summed E-state index contributed by atoms with van der Waals surface area (Å²) in [7, 11) is 5.69. The number of hydrogen-bond acceptors (Lipinski definition) is 13. The normalized spacial score (nSPS) is 22.8. The number of nitrogens with one attached hydrogen (secondary N) is 2. The minimum absolute atomic E-state index is 0.0538. The van der Waals surface area contributed by atoms with E-state index in [9.17, 15) is 24.2 Å². The quantitative estimate of drug-likeness (QED) is 0.0555. The van der Waals surface area contributed by atoms with Gasteiger partial charge in [-0.15, -0.1) is 0 Å². The molecule has 0 radical (unpaired) electrons. The van der Waals surface area contributed by atoms with Gasteiger partial charge in [0.15, 0.2) is 28.9 Å². The molecule has 6 N–H and O–H groups in total. The molecule has 2 aliphatic carbocycles. The summed E-state index contributed by atoms with van der Waals surface area (Å²) in [5.74, 6) is 0.336. The van der Waals surface area contributed by atoms with Crippen LogP contribution in [0.3, 0.4) is 0 Å². The minimum Gasteiger partial charge on any atom is -0.386 e. The first kappa shape index (κ1) is 47.7. The van der Waals surface area contributed by atoms with E-state index in [1.807, 2.05) is 24.3 Å². The third-order valence-corrected chi connectivity index (χ3v) is 14.0. The molecule has 2 aromatic heterocycles. The lowest BCUT2D eigenvalue weighted by Gasteiger charge is -2.39. The minimum atomic E-state index is -4.32. The molecule has 1 unspecified atom stereocenters. The molecule has 2 aromatic carbocycles. The van der Waals surface area contributed by atoms with Crippen molar-refractivity contribution in [2.24, 2.45) is 0 Å². The highest BCUT2D eigenvalue weighted by atomic mass is 31.2. The van der Waals surface area contributed by atoms with Crippen LogP contribution in [0.4, 0.5) is 17.5 Å². The van der Waals surface area contributed by atoms with Gasteiger partial charge in [-0.1, -0.05) is 51.0 Å². The van der Waals surface area contributed by atoms with Crippen molar-refractivity contribution in [2.45, 2.75) is 82.3 Å². The van der Waals surface area contributed by atoms with Crippen LogP contribution in [0.25, 0.3) is 16.7 Å². The predicted molar refractivity (Wildman–Crippen MR) is 257 cm³/mol. The maximum absolute atomic E-state index is 14.3. The van der Waals surface area contributed by atoms with Crippen molar-refractivity contribution >= 4 is 59.5 Å². The van der Waals surface area contributed by atoms with Crippen molar-refractivity contribution in [2.75, 3.05) is 77.4 Å². The Hall–Kier alpha value is -5.75. The summed E-state index contributed by atoms with van der Waals surface area (Å²) in [5.41, 5.74) is 15.9. The van der Waals surface area contributed by atoms with Crippen LogP contribution in [-0.4, -0.2) is 136 Å². The predicted octanol–water partition coefficient (Wildman–Crippen LogP) is 5.19. The zero-order valence-corrected chi connectivity index (χ0v) is 40.1. The number of carbonyl (C=O) groups is 2. The molecule has 4 aliphatic rings. The molecule has 19 heteroatoms. The molecule has 2 saturated heterocycles. The SMILES string of the molecule is CN(CCCC(=O)NCCCCCCNc1nc2c(N)ncnc2n1[C@@H]1O[C@@H]2COP(=O)(O)O[C@H]2[C@H]1O)C(=O)c1ccccc1C1=C2C=CC(=[N+](C)C)C=C2C(C)(C)c2cc(N(C)C)ccc21. The van der Waals surface area contributed by atoms with Crippen LogP contribution in [0.15, 0.2) is 78.2 Å². The maximum Gasteiger partial charge on any atom is 0.472 e. The number of hydrogen-bond donors (Lipinski definition) is 5. The lowest BCUT2D eigenvalue weighted by Crippen LogP contribution is -2.39. The second-order valence-electron chi connectivity index (χ2n) is 18.4. The molecule has 4 aromatic rings. The number of allylic oxidation sites excluding steroid dienone is 5. The number of fused-ring (bicyclic) bond motifs is 4. The second kappa shape index (κ2) is 19.5. The number of carbonyl (C=O) groups excluding carboxylic acids is 2. The molecule has 356 valence electrons. The Morgan fingerprint density at radius 3 is 2.54 bits per heavy atom. The standard InChI is InChI=1S/C48H61N10O8P/c1-48(2)35-25-29(55(3)4)18-20-33(35)39(34-21-19-30(56(5)6)26-36(34)48)31-15-10-11-16-32(31)45(61)57(7)24-14-17-38(59)50-22-12-8-9-13-23-51-47-54-40-43(49)52-28-53-44(40)58(47)46-41(60)42-37(65-46)27-64-67(62,63)66-42/h10-11,15-16,18-21,25-26,28,37,41-42,46,49,60H,8-9,12-14,17,22-24,27H2,1-7H3,(H3,50,59,61,62,63)/p+1/t37-,41-,42-,46-/m1/s1. The number of aliphatic hydroxyl groups excluding tert-OH is 1. The van der Waals surface area contributed by atoms with E-state index in [0.717, 1.165) is 59.4 Å². The number of nitrogens with zero attached hydrogens (tertiary/aromatic N) is 7. The number of nitrogen functional groups attached to an aromatic ring is 1. The average Bonchev–Trinajstić information content (AvgIpc) is 3.82. The number of unbranched alkanes of at least 4 members (excludes halogenated alkanes) is 3. The van der Waals surface area contributed by atoms with Gasteiger partial charge in [-0.05, 0) is 76.9 Å². The Morgan fingerprint density at radius 1 is 1.01 bits per heavy atom. The Kier molecular flexibility index (Phi) is 13.9. The third-order valence-electron chi connectivity index (χ3n) is 13.0. The van der Waals surface area contributed by atoms with Gasteiger partial charge < -0.3 is 40.9 Å². The smallest absolute Gasteiger partial charge is 0.386 e. The van der Waals surface area contributed by atoms with Gasteiger partial charge in [-0.3, -0.25) is 23.2 Å². The van der Waals surface area contributed by atoms with Crippen molar-refractivity contribution in [3.63, 3.8) is 0 Å². The fourth-order valence-corrected chi connectivity index (χ4v) is 10.3. The van der Waals surface area contributed by atoms with Gasteiger partial charge in [0.05, 0.1) is 6.61 Å². The van der Waals surface area contributed by atoms with Gasteiger partial charge in [0.2, 0.25) is 11.9 Å². The molecule has 0 saturated carbocycles. The van der Waals surface area contributed by atoms with E-state index in [2.05, 4.69) is 114 Å². The largest absolute Gasteiger partial charge is 0.472 e. The molecule has 5 atom stereocenters. The van der Waals surface area contributed by atoms with E-state index in [4.69, 9.17) is 19.5 Å². The Balaban J connectivity index is 0.823. The number of anilines is 3. The lowest BCUT2D eigenvalue weighted by molar-refractivity contribution is -0.462. The van der Waals surface area contributed by atoms with Crippen molar-refractivity contribution < 1.29 is 42.5 Å². The maximum atomic E-state index is 14.3. The van der Waals surface area contributed by atoms with Crippen LogP contribution in [0.2, 0.25) is 0 Å². The van der Waals surface area contributed by atoms with Crippen LogP contribution >= 0.6 is 7.82 Å². The van der Waals surface area contributed by atoms with Crippen LogP contribution < -0.4 is 21.3 Å². The zero-order chi connectivity index (χ0) is 47.8. The summed E-state index contributed by atoms with van der Waals surface area (Å²) < 4.78 is 31.8. The molecule has 8 rings (SSSR count). The van der Waals surface area contributed by atoms with Crippen molar-refractivity contribution in [1.29, 1.82) is 0 Å². The lowest BCUT2D eigenvalue weighted by atomic mass is 9.64. The first-order chi connectivity index (χ1) is 32.0. The number of rotatable bonds is 16. The zero-order valence-electron chi connectivity index (χ0n) is 39.2. The van der Waals surface area contributed by atoms with E-state index in [1.165, 1.54) is 17.5 Å². The Bertz CT molecular complexity index is 2740. The monoisotopic (exact) mass is 937 g/mol. The van der Waals surface area contributed by atoms with Gasteiger partial charge in [-0.25, -0.2) is 24.1 Å². The summed E-state index contributed by atoms with van der Waals surface area (Å²) in [5, 5.41) is 17.4. The number of ether oxygens (including phenoxy) is 1. The number of phosphoric ester groups is 1. The van der Waals surface area contributed by atoms with Crippen molar-refractivity contribution in [1.82, 2.24) is 29.7 Å². The van der Waals surface area contributed by atoms with E-state index in [0.29, 0.717) is 55.2 Å². The molecule has 2 fully saturated rings. The molecule has 0 bridgehead atoms. The second-order valence-corrected chi connectivity index (χ2v) is 19.8. The Labute approximate surface area is 390 Å². The molecule has 18 nitrogen and oxygen atoms in total. The van der Waals surface area contributed by atoms with E-state index in [-0.39, 0.29) is 29.7 Å².